The van der Waals surface area contributed by atoms with Crippen molar-refractivity contribution >= 4 is 22.4 Å². The first kappa shape index (κ1) is 7.34. The van der Waals surface area contributed by atoms with Crippen molar-refractivity contribution in [1.29, 1.82) is 0 Å². The molecule has 0 atom stereocenters. The van der Waals surface area contributed by atoms with Crippen LogP contribution in [0.4, 0.5) is 0 Å². The van der Waals surface area contributed by atoms with Crippen LogP contribution in [0.5, 0.6) is 0 Å². The van der Waals surface area contributed by atoms with Crippen LogP contribution in [0, 0.1) is 0 Å². The molecule has 0 spiro atoms. The highest BCUT2D eigenvalue weighted by atomic mass is 79.9. The van der Waals surface area contributed by atoms with Gasteiger partial charge in [0.15, 0.2) is 0 Å². The zero-order valence-electron chi connectivity index (χ0n) is 5.13. The lowest BCUT2D eigenvalue weighted by molar-refractivity contribution is -0.129. The summed E-state index contributed by atoms with van der Waals surface area (Å²) in [7, 11) is 0. The summed E-state index contributed by atoms with van der Waals surface area (Å²) in [5.74, 6) is 0. The number of ether oxygens (including phenoxy) is 1. The number of carbonyl (C=O) groups is 1. The average molecular weight is 204 g/mol. The van der Waals surface area contributed by atoms with Gasteiger partial charge in [-0.05, 0) is 22.0 Å². The van der Waals surface area contributed by atoms with Crippen molar-refractivity contribution in [3.63, 3.8) is 0 Å². The highest BCUT2D eigenvalue weighted by Crippen LogP contribution is 2.10. The van der Waals surface area contributed by atoms with Crippen molar-refractivity contribution in [2.45, 2.75) is 6.61 Å². The van der Waals surface area contributed by atoms with Gasteiger partial charge in [0.25, 0.3) is 6.47 Å². The molecule has 1 aromatic heterocycles. The molecule has 0 bridgehead atoms. The second-order valence-corrected chi connectivity index (χ2v) is 2.67. The number of carbonyl (C=O) groups excluding carboxylic acids is 1. The number of nitrogens with one attached hydrogen (secondary N) is 1. The van der Waals surface area contributed by atoms with E-state index in [1.54, 1.807) is 6.20 Å². The van der Waals surface area contributed by atoms with Gasteiger partial charge in [0.1, 0.15) is 6.61 Å². The summed E-state index contributed by atoms with van der Waals surface area (Å²) in [6.07, 6.45) is 1.78. The Morgan fingerprint density at radius 2 is 2.60 bits per heavy atom. The summed E-state index contributed by atoms with van der Waals surface area (Å²) in [4.78, 5) is 12.6. The van der Waals surface area contributed by atoms with Gasteiger partial charge < -0.3 is 9.72 Å². The van der Waals surface area contributed by atoms with E-state index < -0.39 is 0 Å². The first-order valence-electron chi connectivity index (χ1n) is 2.71. The number of hydrogen-bond donors (Lipinski definition) is 1. The number of aromatic amines is 1. The van der Waals surface area contributed by atoms with Crippen molar-refractivity contribution in [2.75, 3.05) is 0 Å². The summed E-state index contributed by atoms with van der Waals surface area (Å²) < 4.78 is 5.46. The van der Waals surface area contributed by atoms with Gasteiger partial charge in [-0.15, -0.1) is 0 Å². The van der Waals surface area contributed by atoms with Crippen LogP contribution in [0.25, 0.3) is 0 Å². The van der Waals surface area contributed by atoms with E-state index in [0.717, 1.165) is 10.2 Å². The van der Waals surface area contributed by atoms with Crippen LogP contribution in [0.1, 0.15) is 5.69 Å². The van der Waals surface area contributed by atoms with E-state index >= 15 is 0 Å². The molecular formula is C6H6BrNO2. The Hall–Kier alpha value is -0.770. The lowest BCUT2D eigenvalue weighted by Gasteiger charge is -1.91. The van der Waals surface area contributed by atoms with E-state index in [-0.39, 0.29) is 0 Å². The van der Waals surface area contributed by atoms with E-state index in [0.29, 0.717) is 13.1 Å². The van der Waals surface area contributed by atoms with Crippen LogP contribution in [0.2, 0.25) is 0 Å². The largest absolute Gasteiger partial charge is 0.461 e. The quantitative estimate of drug-likeness (QED) is 0.757. The number of rotatable bonds is 3. The van der Waals surface area contributed by atoms with E-state index in [1.165, 1.54) is 0 Å². The topological polar surface area (TPSA) is 42.1 Å². The Bertz CT molecular complexity index is 221. The fourth-order valence-corrected chi connectivity index (χ4v) is 1.01. The molecule has 1 heterocycles. The molecule has 0 saturated carbocycles. The Balaban J connectivity index is 2.49. The van der Waals surface area contributed by atoms with Gasteiger partial charge in [-0.1, -0.05) is 0 Å². The molecule has 4 heteroatoms. The van der Waals surface area contributed by atoms with Gasteiger partial charge in [0.05, 0.1) is 5.69 Å². The Kier molecular flexibility index (Phi) is 2.50. The third-order valence-electron chi connectivity index (χ3n) is 1.01. The monoisotopic (exact) mass is 203 g/mol. The van der Waals surface area contributed by atoms with Gasteiger partial charge >= 0.3 is 0 Å². The second-order valence-electron chi connectivity index (χ2n) is 1.75. The number of aromatic nitrogens is 1. The SMILES string of the molecule is O=COCc1cc(Br)c[nH]1. The molecule has 0 aliphatic carbocycles. The molecule has 54 valence electrons. The van der Waals surface area contributed by atoms with E-state index in [1.807, 2.05) is 6.07 Å². The number of H-pyrrole nitrogens is 1. The fourth-order valence-electron chi connectivity index (χ4n) is 0.619. The molecule has 0 aromatic carbocycles. The van der Waals surface area contributed by atoms with Crippen molar-refractivity contribution < 1.29 is 9.53 Å². The molecular weight excluding hydrogens is 198 g/mol. The standard InChI is InChI=1S/C6H6BrNO2/c7-5-1-6(8-2-5)3-10-4-9/h1-2,4,8H,3H2. The van der Waals surface area contributed by atoms with Crippen LogP contribution in [-0.4, -0.2) is 11.5 Å². The van der Waals surface area contributed by atoms with E-state index in [2.05, 4.69) is 25.7 Å². The highest BCUT2D eigenvalue weighted by Gasteiger charge is 1.94. The molecule has 3 nitrogen and oxygen atoms in total. The smallest absolute Gasteiger partial charge is 0.293 e. The molecule has 10 heavy (non-hydrogen) atoms. The Morgan fingerprint density at radius 3 is 3.10 bits per heavy atom. The highest BCUT2D eigenvalue weighted by molar-refractivity contribution is 9.10. The molecule has 1 rings (SSSR count). The van der Waals surface area contributed by atoms with Crippen LogP contribution >= 0.6 is 15.9 Å². The molecule has 0 fully saturated rings. The summed E-state index contributed by atoms with van der Waals surface area (Å²) in [5.41, 5.74) is 0.874. The molecule has 1 N–H and O–H groups in total. The maximum atomic E-state index is 9.74. The second kappa shape index (κ2) is 3.41. The van der Waals surface area contributed by atoms with Gasteiger partial charge in [-0.3, -0.25) is 4.79 Å². The minimum Gasteiger partial charge on any atom is -0.461 e. The average Bonchev–Trinajstić information content (AvgIpc) is 2.31. The van der Waals surface area contributed by atoms with Gasteiger partial charge in [0, 0.05) is 10.7 Å². The minimum atomic E-state index is 0.301. The summed E-state index contributed by atoms with van der Waals surface area (Å²) in [6.45, 7) is 0.726. The molecule has 1 aromatic rings. The Morgan fingerprint density at radius 1 is 1.80 bits per heavy atom. The predicted octanol–water partition coefficient (Wildman–Crippen LogP) is 1.45. The zero-order chi connectivity index (χ0) is 7.40. The first-order valence-corrected chi connectivity index (χ1v) is 3.50. The normalized spacial score (nSPS) is 9.30. The van der Waals surface area contributed by atoms with Crippen LogP contribution in [-0.2, 0) is 16.1 Å². The number of hydrogen-bond acceptors (Lipinski definition) is 2. The van der Waals surface area contributed by atoms with Crippen molar-refractivity contribution in [2.24, 2.45) is 0 Å². The van der Waals surface area contributed by atoms with Crippen LogP contribution in [0.3, 0.4) is 0 Å². The van der Waals surface area contributed by atoms with Gasteiger partial charge in [-0.2, -0.15) is 0 Å². The lowest BCUT2D eigenvalue weighted by atomic mass is 10.5. The minimum absolute atomic E-state index is 0.301. The molecule has 0 unspecified atom stereocenters. The van der Waals surface area contributed by atoms with E-state index in [9.17, 15) is 4.79 Å². The molecule has 0 aliphatic rings. The summed E-state index contributed by atoms with van der Waals surface area (Å²) in [5, 5.41) is 0. The van der Waals surface area contributed by atoms with Crippen molar-refractivity contribution in [3.8, 4) is 0 Å². The zero-order valence-corrected chi connectivity index (χ0v) is 6.72. The van der Waals surface area contributed by atoms with Crippen molar-refractivity contribution in [3.05, 3.63) is 22.4 Å². The maximum Gasteiger partial charge on any atom is 0.293 e. The third kappa shape index (κ3) is 1.88. The van der Waals surface area contributed by atoms with Crippen LogP contribution in [0.15, 0.2) is 16.7 Å². The van der Waals surface area contributed by atoms with Crippen LogP contribution < -0.4 is 0 Å². The van der Waals surface area contributed by atoms with E-state index in [4.69, 9.17) is 0 Å². The predicted molar refractivity (Wildman–Crippen MR) is 39.3 cm³/mol. The Labute approximate surface area is 66.5 Å². The molecule has 0 amide bonds. The first-order chi connectivity index (χ1) is 4.83. The number of halogens is 1. The maximum absolute atomic E-state index is 9.74. The summed E-state index contributed by atoms with van der Waals surface area (Å²) in [6, 6.07) is 1.85. The fraction of sp³-hybridized carbons (Fsp3) is 0.167. The van der Waals surface area contributed by atoms with Gasteiger partial charge in [-0.25, -0.2) is 0 Å². The molecule has 0 radical (unpaired) electrons. The third-order valence-corrected chi connectivity index (χ3v) is 1.47. The van der Waals surface area contributed by atoms with Gasteiger partial charge in [0.2, 0.25) is 0 Å². The van der Waals surface area contributed by atoms with Crippen molar-refractivity contribution in [1.82, 2.24) is 4.98 Å². The summed E-state index contributed by atoms with van der Waals surface area (Å²) >= 11 is 3.25. The molecule has 0 saturated heterocycles. The lowest BCUT2D eigenvalue weighted by Crippen LogP contribution is -1.88. The molecule has 0 aliphatic heterocycles.